The molecule has 9 nitrogen and oxygen atoms in total. The van der Waals surface area contributed by atoms with E-state index in [0.29, 0.717) is 37.8 Å². The zero-order valence-corrected chi connectivity index (χ0v) is 16.1. The van der Waals surface area contributed by atoms with Gasteiger partial charge in [0.05, 0.1) is 31.3 Å². The maximum Gasteiger partial charge on any atom is 0.290 e. The minimum Gasteiger partial charge on any atom is -0.345 e. The van der Waals surface area contributed by atoms with Crippen LogP contribution < -0.4 is 0 Å². The van der Waals surface area contributed by atoms with Gasteiger partial charge in [-0.05, 0) is 6.92 Å². The van der Waals surface area contributed by atoms with Crippen LogP contribution in [0.3, 0.4) is 0 Å². The van der Waals surface area contributed by atoms with E-state index in [4.69, 9.17) is 9.47 Å². The molecule has 2 aliphatic heterocycles. The summed E-state index contributed by atoms with van der Waals surface area (Å²) in [5.74, 6) is -0.961. The van der Waals surface area contributed by atoms with E-state index in [9.17, 15) is 9.59 Å². The molecule has 1 unspecified atom stereocenters. The Labute approximate surface area is 160 Å². The highest BCUT2D eigenvalue weighted by molar-refractivity contribution is 7.09. The Balaban J connectivity index is 1.49. The standard InChI is InChI=1S/C17H21N5O4S/c1-12-19-13(9-27-12)15(23)21-5-7-25-17(10-21)11-22(6-8-26-17)16(24)14-18-3-4-20(14)2/h3-4,9H,5-8,10-11H2,1-2H3. The van der Waals surface area contributed by atoms with Gasteiger partial charge in [-0.15, -0.1) is 11.3 Å². The summed E-state index contributed by atoms with van der Waals surface area (Å²) >= 11 is 1.44. The van der Waals surface area contributed by atoms with Gasteiger partial charge in [-0.3, -0.25) is 9.59 Å². The molecule has 4 rings (SSSR count). The summed E-state index contributed by atoms with van der Waals surface area (Å²) in [7, 11) is 1.78. The third-order valence-electron chi connectivity index (χ3n) is 4.74. The van der Waals surface area contributed by atoms with Crippen molar-refractivity contribution in [1.29, 1.82) is 0 Å². The molecule has 1 atom stereocenters. The van der Waals surface area contributed by atoms with Gasteiger partial charge >= 0.3 is 0 Å². The number of rotatable bonds is 2. The Morgan fingerprint density at radius 2 is 1.81 bits per heavy atom. The van der Waals surface area contributed by atoms with Gasteiger partial charge < -0.3 is 23.8 Å². The first kappa shape index (κ1) is 18.1. The van der Waals surface area contributed by atoms with Crippen molar-refractivity contribution < 1.29 is 19.1 Å². The number of hydrogen-bond acceptors (Lipinski definition) is 7. The SMILES string of the molecule is Cc1nc(C(=O)N2CCOC3(C2)CN(C(=O)c2nccn2C)CCO3)cs1. The lowest BCUT2D eigenvalue weighted by molar-refractivity contribution is -0.282. The van der Waals surface area contributed by atoms with Crippen molar-refractivity contribution in [2.75, 3.05) is 39.4 Å². The normalized spacial score (nSPS) is 23.0. The summed E-state index contributed by atoms with van der Waals surface area (Å²) in [6.45, 7) is 3.98. The van der Waals surface area contributed by atoms with E-state index in [0.717, 1.165) is 5.01 Å². The van der Waals surface area contributed by atoms with Crippen LogP contribution in [-0.2, 0) is 16.5 Å². The zero-order valence-electron chi connectivity index (χ0n) is 15.3. The van der Waals surface area contributed by atoms with Crippen LogP contribution in [-0.4, -0.2) is 81.3 Å². The van der Waals surface area contributed by atoms with Crippen LogP contribution in [0.4, 0.5) is 0 Å². The van der Waals surface area contributed by atoms with E-state index in [2.05, 4.69) is 9.97 Å². The highest BCUT2D eigenvalue weighted by Crippen LogP contribution is 2.26. The molecule has 4 heterocycles. The molecule has 27 heavy (non-hydrogen) atoms. The predicted molar refractivity (Wildman–Crippen MR) is 96.5 cm³/mol. The molecule has 0 bridgehead atoms. The highest BCUT2D eigenvalue weighted by Gasteiger charge is 2.45. The third-order valence-corrected chi connectivity index (χ3v) is 5.51. The van der Waals surface area contributed by atoms with Gasteiger partial charge in [-0.25, -0.2) is 9.97 Å². The van der Waals surface area contributed by atoms with E-state index in [1.165, 1.54) is 11.3 Å². The molecule has 10 heteroatoms. The second kappa shape index (κ2) is 7.02. The van der Waals surface area contributed by atoms with Crippen molar-refractivity contribution in [3.8, 4) is 0 Å². The van der Waals surface area contributed by atoms with E-state index in [1.54, 1.807) is 39.2 Å². The quantitative estimate of drug-likeness (QED) is 0.742. The first-order chi connectivity index (χ1) is 13.0. The van der Waals surface area contributed by atoms with E-state index in [1.807, 2.05) is 6.92 Å². The van der Waals surface area contributed by atoms with Gasteiger partial charge in [0.25, 0.3) is 11.8 Å². The number of nitrogens with zero attached hydrogens (tertiary/aromatic N) is 5. The van der Waals surface area contributed by atoms with Gasteiger partial charge in [0.2, 0.25) is 5.79 Å². The minimum absolute atomic E-state index is 0.141. The monoisotopic (exact) mass is 391 g/mol. The van der Waals surface area contributed by atoms with E-state index < -0.39 is 5.79 Å². The Hall–Kier alpha value is -2.30. The number of hydrogen-bond donors (Lipinski definition) is 0. The molecule has 0 aromatic carbocycles. The van der Waals surface area contributed by atoms with Crippen molar-refractivity contribution in [3.05, 3.63) is 34.3 Å². The summed E-state index contributed by atoms with van der Waals surface area (Å²) < 4.78 is 13.5. The van der Waals surface area contributed by atoms with Crippen LogP contribution in [0.25, 0.3) is 0 Å². The number of aryl methyl sites for hydroxylation is 2. The average molecular weight is 391 g/mol. The van der Waals surface area contributed by atoms with Crippen molar-refractivity contribution in [2.45, 2.75) is 12.7 Å². The maximum atomic E-state index is 12.8. The maximum absolute atomic E-state index is 12.8. The van der Waals surface area contributed by atoms with Crippen LogP contribution in [0.15, 0.2) is 17.8 Å². The topological polar surface area (TPSA) is 89.8 Å². The van der Waals surface area contributed by atoms with E-state index in [-0.39, 0.29) is 24.9 Å². The van der Waals surface area contributed by atoms with Crippen LogP contribution in [0.1, 0.15) is 26.1 Å². The number of carbonyl (C=O) groups is 2. The summed E-state index contributed by atoms with van der Waals surface area (Å²) in [6.07, 6.45) is 3.33. The fourth-order valence-electron chi connectivity index (χ4n) is 3.38. The lowest BCUT2D eigenvalue weighted by Gasteiger charge is -2.47. The number of imidazole rings is 1. The number of thiazole rings is 1. The molecular weight excluding hydrogens is 370 g/mol. The van der Waals surface area contributed by atoms with Crippen molar-refractivity contribution in [3.63, 3.8) is 0 Å². The number of aromatic nitrogens is 3. The molecule has 0 saturated carbocycles. The molecule has 144 valence electrons. The first-order valence-electron chi connectivity index (χ1n) is 8.73. The molecule has 1 spiro atoms. The van der Waals surface area contributed by atoms with Gasteiger partial charge in [0.15, 0.2) is 5.82 Å². The summed E-state index contributed by atoms with van der Waals surface area (Å²) in [5, 5.41) is 2.61. The fourth-order valence-corrected chi connectivity index (χ4v) is 3.97. The number of ether oxygens (including phenoxy) is 2. The Bertz CT molecular complexity index is 861. The molecule has 0 radical (unpaired) electrons. The van der Waals surface area contributed by atoms with Crippen molar-refractivity contribution in [1.82, 2.24) is 24.3 Å². The van der Waals surface area contributed by atoms with Crippen molar-refractivity contribution in [2.24, 2.45) is 7.05 Å². The van der Waals surface area contributed by atoms with Crippen LogP contribution in [0, 0.1) is 6.92 Å². The van der Waals surface area contributed by atoms with Crippen LogP contribution >= 0.6 is 11.3 Å². The second-order valence-electron chi connectivity index (χ2n) is 6.67. The fraction of sp³-hybridized carbons (Fsp3) is 0.529. The summed E-state index contributed by atoms with van der Waals surface area (Å²) in [5.41, 5.74) is 0.436. The number of amides is 2. The molecular formula is C17H21N5O4S. The Morgan fingerprint density at radius 1 is 1.15 bits per heavy atom. The van der Waals surface area contributed by atoms with E-state index >= 15 is 0 Å². The molecule has 2 fully saturated rings. The van der Waals surface area contributed by atoms with Gasteiger partial charge in [-0.2, -0.15) is 0 Å². The number of carbonyl (C=O) groups excluding carboxylic acids is 2. The molecule has 2 amide bonds. The second-order valence-corrected chi connectivity index (χ2v) is 7.74. The predicted octanol–water partition coefficient (Wildman–Crippen LogP) is 0.526. The summed E-state index contributed by atoms with van der Waals surface area (Å²) in [4.78, 5) is 37.3. The summed E-state index contributed by atoms with van der Waals surface area (Å²) in [6, 6.07) is 0. The van der Waals surface area contributed by atoms with Crippen molar-refractivity contribution >= 4 is 23.2 Å². The zero-order chi connectivity index (χ0) is 19.0. The van der Waals surface area contributed by atoms with Gasteiger partial charge in [0.1, 0.15) is 5.69 Å². The molecule has 0 N–H and O–H groups in total. The highest BCUT2D eigenvalue weighted by atomic mass is 32.1. The minimum atomic E-state index is -1.02. The van der Waals surface area contributed by atoms with Crippen LogP contribution in [0.2, 0.25) is 0 Å². The lowest BCUT2D eigenvalue weighted by Crippen LogP contribution is -2.63. The first-order valence-corrected chi connectivity index (χ1v) is 9.61. The van der Waals surface area contributed by atoms with Crippen LogP contribution in [0.5, 0.6) is 0 Å². The van der Waals surface area contributed by atoms with Gasteiger partial charge in [-0.1, -0.05) is 0 Å². The Morgan fingerprint density at radius 3 is 2.37 bits per heavy atom. The lowest BCUT2D eigenvalue weighted by atomic mass is 10.1. The molecule has 2 aromatic rings. The molecule has 2 aromatic heterocycles. The third kappa shape index (κ3) is 3.47. The molecule has 0 aliphatic carbocycles. The van der Waals surface area contributed by atoms with Gasteiger partial charge in [0, 0.05) is 37.9 Å². The smallest absolute Gasteiger partial charge is 0.290 e. The molecule has 2 aliphatic rings. The largest absolute Gasteiger partial charge is 0.345 e. The molecule has 2 saturated heterocycles. The number of morpholine rings is 2. The average Bonchev–Trinajstić information content (AvgIpc) is 3.29. The Kier molecular flexibility index (Phi) is 4.70.